The van der Waals surface area contributed by atoms with Crippen molar-refractivity contribution in [1.82, 2.24) is 9.55 Å². The average Bonchev–Trinajstić information content (AvgIpc) is 2.72. The first-order valence-electron chi connectivity index (χ1n) is 9.78. The monoisotopic (exact) mass is 407 g/mol. The largest absolute Gasteiger partial charge is 0.453 e. The number of hydrogen-bond donors (Lipinski definition) is 1. The van der Waals surface area contributed by atoms with Crippen molar-refractivity contribution < 1.29 is 14.3 Å². The van der Waals surface area contributed by atoms with Gasteiger partial charge in [0.15, 0.2) is 6.10 Å². The molecule has 1 atom stereocenters. The quantitative estimate of drug-likeness (QED) is 0.634. The number of carbonyl (C=O) groups is 2. The molecule has 30 heavy (non-hydrogen) atoms. The predicted molar refractivity (Wildman–Crippen MR) is 115 cm³/mol. The maximum Gasteiger partial charge on any atom is 0.307 e. The van der Waals surface area contributed by atoms with Crippen LogP contribution >= 0.6 is 0 Å². The zero-order valence-corrected chi connectivity index (χ0v) is 17.6. The highest BCUT2D eigenvalue weighted by atomic mass is 16.5. The molecule has 0 saturated carbocycles. The Hall–Kier alpha value is -3.48. The summed E-state index contributed by atoms with van der Waals surface area (Å²) in [4.78, 5) is 41.5. The zero-order valence-electron chi connectivity index (χ0n) is 17.6. The number of benzene rings is 2. The maximum absolute atomic E-state index is 12.4. The molecular formula is C23H25N3O4. The van der Waals surface area contributed by atoms with Gasteiger partial charge in [0, 0.05) is 19.2 Å². The van der Waals surface area contributed by atoms with Gasteiger partial charge in [0.25, 0.3) is 11.5 Å². The molecule has 1 heterocycles. The second-order valence-corrected chi connectivity index (χ2v) is 7.35. The summed E-state index contributed by atoms with van der Waals surface area (Å²) in [6.07, 6.45) is -0.689. The number of hydrogen-bond acceptors (Lipinski definition) is 5. The van der Waals surface area contributed by atoms with Crippen molar-refractivity contribution in [2.45, 2.75) is 39.7 Å². The fraction of sp³-hybridized carbons (Fsp3) is 0.304. The molecule has 1 aromatic heterocycles. The van der Waals surface area contributed by atoms with E-state index in [0.717, 1.165) is 11.1 Å². The summed E-state index contributed by atoms with van der Waals surface area (Å²) in [6, 6.07) is 12.8. The molecule has 0 saturated heterocycles. The molecule has 0 fully saturated rings. The molecule has 0 radical (unpaired) electrons. The third-order valence-corrected chi connectivity index (χ3v) is 4.96. The number of para-hydroxylation sites is 1. The van der Waals surface area contributed by atoms with Crippen LogP contribution in [0.3, 0.4) is 0 Å². The Kier molecular flexibility index (Phi) is 6.30. The third kappa shape index (κ3) is 4.74. The van der Waals surface area contributed by atoms with E-state index >= 15 is 0 Å². The number of aryl methyl sites for hydroxylation is 3. The number of rotatable bonds is 6. The fourth-order valence-electron chi connectivity index (χ4n) is 3.12. The molecular weight excluding hydrogens is 382 g/mol. The van der Waals surface area contributed by atoms with Gasteiger partial charge in [0.05, 0.1) is 17.3 Å². The zero-order chi connectivity index (χ0) is 21.8. The lowest BCUT2D eigenvalue weighted by Gasteiger charge is -2.15. The van der Waals surface area contributed by atoms with Crippen LogP contribution in [-0.4, -0.2) is 27.5 Å². The number of aromatic nitrogens is 2. The van der Waals surface area contributed by atoms with Crippen molar-refractivity contribution in [1.29, 1.82) is 0 Å². The molecule has 7 nitrogen and oxygen atoms in total. The van der Waals surface area contributed by atoms with Gasteiger partial charge < -0.3 is 10.1 Å². The second-order valence-electron chi connectivity index (χ2n) is 7.35. The van der Waals surface area contributed by atoms with Gasteiger partial charge in [-0.1, -0.05) is 24.3 Å². The summed E-state index contributed by atoms with van der Waals surface area (Å²) in [6.45, 7) is 5.36. The van der Waals surface area contributed by atoms with E-state index in [4.69, 9.17) is 4.74 Å². The summed E-state index contributed by atoms with van der Waals surface area (Å²) < 4.78 is 6.70. The highest BCUT2D eigenvalue weighted by Crippen LogP contribution is 2.17. The SMILES string of the molecule is Cc1ccc(C)c(NC(=O)[C@H](C)OC(=O)CCc2nc3ccccc3c(=O)n2C)c1. The van der Waals surface area contributed by atoms with Gasteiger partial charge in [0.2, 0.25) is 0 Å². The topological polar surface area (TPSA) is 90.3 Å². The minimum atomic E-state index is -0.939. The third-order valence-electron chi connectivity index (χ3n) is 4.96. The van der Waals surface area contributed by atoms with E-state index in [1.165, 1.54) is 11.5 Å². The van der Waals surface area contributed by atoms with Gasteiger partial charge in [-0.2, -0.15) is 0 Å². The maximum atomic E-state index is 12.4. The Labute approximate surface area is 174 Å². The molecule has 0 aliphatic heterocycles. The summed E-state index contributed by atoms with van der Waals surface area (Å²) in [7, 11) is 1.63. The van der Waals surface area contributed by atoms with Crippen molar-refractivity contribution in [2.75, 3.05) is 5.32 Å². The van der Waals surface area contributed by atoms with Crippen LogP contribution < -0.4 is 10.9 Å². The lowest BCUT2D eigenvalue weighted by molar-refractivity contribution is -0.153. The standard InChI is InChI=1S/C23H25N3O4/c1-14-9-10-15(2)19(13-14)25-22(28)16(3)30-21(27)12-11-20-24-18-8-6-5-7-17(18)23(29)26(20)4/h5-10,13,16H,11-12H2,1-4H3,(H,25,28)/t16-/m0/s1. The number of amides is 1. The van der Waals surface area contributed by atoms with Gasteiger partial charge in [-0.25, -0.2) is 4.98 Å². The second kappa shape index (κ2) is 8.90. The summed E-state index contributed by atoms with van der Waals surface area (Å²) in [5.74, 6) is -0.433. The Bertz CT molecular complexity index is 1170. The van der Waals surface area contributed by atoms with Crippen LogP contribution in [0.4, 0.5) is 5.69 Å². The summed E-state index contributed by atoms with van der Waals surface area (Å²) >= 11 is 0. The average molecular weight is 407 g/mol. The number of fused-ring (bicyclic) bond motifs is 1. The van der Waals surface area contributed by atoms with Crippen LogP contribution in [0.5, 0.6) is 0 Å². The van der Waals surface area contributed by atoms with E-state index < -0.39 is 18.0 Å². The molecule has 0 aliphatic carbocycles. The van der Waals surface area contributed by atoms with E-state index in [2.05, 4.69) is 10.3 Å². The highest BCUT2D eigenvalue weighted by Gasteiger charge is 2.19. The lowest BCUT2D eigenvalue weighted by Crippen LogP contribution is -2.30. The minimum absolute atomic E-state index is 0.0136. The number of nitrogens with one attached hydrogen (secondary N) is 1. The van der Waals surface area contributed by atoms with Crippen LogP contribution in [0.1, 0.15) is 30.3 Å². The van der Waals surface area contributed by atoms with Crippen molar-refractivity contribution in [2.24, 2.45) is 7.05 Å². The first-order valence-corrected chi connectivity index (χ1v) is 9.78. The normalized spacial score (nSPS) is 11.9. The molecule has 7 heteroatoms. The number of esters is 1. The Morgan fingerprint density at radius 2 is 1.90 bits per heavy atom. The molecule has 3 rings (SSSR count). The Morgan fingerprint density at radius 3 is 2.67 bits per heavy atom. The van der Waals surface area contributed by atoms with Gasteiger partial charge in [-0.15, -0.1) is 0 Å². The van der Waals surface area contributed by atoms with Gasteiger partial charge in [0.1, 0.15) is 5.82 Å². The van der Waals surface area contributed by atoms with Crippen LogP contribution in [0.25, 0.3) is 10.9 Å². The molecule has 3 aromatic rings. The van der Waals surface area contributed by atoms with Crippen molar-refractivity contribution in [3.05, 3.63) is 69.8 Å². The summed E-state index contributed by atoms with van der Waals surface area (Å²) in [5.41, 5.74) is 3.07. The van der Waals surface area contributed by atoms with Gasteiger partial charge in [-0.05, 0) is 50.1 Å². The molecule has 0 spiro atoms. The van der Waals surface area contributed by atoms with Crippen LogP contribution in [0, 0.1) is 13.8 Å². The van der Waals surface area contributed by atoms with E-state index in [0.29, 0.717) is 22.4 Å². The Morgan fingerprint density at radius 1 is 1.17 bits per heavy atom. The molecule has 0 bridgehead atoms. The van der Waals surface area contributed by atoms with Crippen molar-refractivity contribution in [3.8, 4) is 0 Å². The van der Waals surface area contributed by atoms with Crippen LogP contribution in [0.15, 0.2) is 47.3 Å². The number of ether oxygens (including phenoxy) is 1. The first-order chi connectivity index (χ1) is 14.3. The number of carbonyl (C=O) groups excluding carboxylic acids is 2. The number of anilines is 1. The smallest absolute Gasteiger partial charge is 0.307 e. The van der Waals surface area contributed by atoms with E-state index in [-0.39, 0.29) is 18.4 Å². The molecule has 2 aromatic carbocycles. The molecule has 1 N–H and O–H groups in total. The van der Waals surface area contributed by atoms with Crippen molar-refractivity contribution >= 4 is 28.5 Å². The fourth-order valence-corrected chi connectivity index (χ4v) is 3.12. The van der Waals surface area contributed by atoms with E-state index in [1.54, 1.807) is 25.2 Å². The van der Waals surface area contributed by atoms with Gasteiger partial charge in [-0.3, -0.25) is 19.0 Å². The van der Waals surface area contributed by atoms with Gasteiger partial charge >= 0.3 is 5.97 Å². The Balaban J connectivity index is 1.61. The highest BCUT2D eigenvalue weighted by molar-refractivity contribution is 5.95. The number of nitrogens with zero attached hydrogens (tertiary/aromatic N) is 2. The van der Waals surface area contributed by atoms with E-state index in [1.807, 2.05) is 38.1 Å². The minimum Gasteiger partial charge on any atom is -0.453 e. The lowest BCUT2D eigenvalue weighted by atomic mass is 10.1. The first kappa shape index (κ1) is 21.2. The molecule has 1 amide bonds. The molecule has 0 unspecified atom stereocenters. The molecule has 156 valence electrons. The van der Waals surface area contributed by atoms with E-state index in [9.17, 15) is 14.4 Å². The van der Waals surface area contributed by atoms with Crippen LogP contribution in [-0.2, 0) is 27.8 Å². The predicted octanol–water partition coefficient (Wildman–Crippen LogP) is 3.05. The molecule has 0 aliphatic rings. The van der Waals surface area contributed by atoms with Crippen molar-refractivity contribution in [3.63, 3.8) is 0 Å². The summed E-state index contributed by atoms with van der Waals surface area (Å²) in [5, 5.41) is 3.32. The van der Waals surface area contributed by atoms with Crippen LogP contribution in [0.2, 0.25) is 0 Å².